The molecule has 2 N–H and O–H groups in total. The molecule has 1 aromatic carbocycles. The Bertz CT molecular complexity index is 517. The number of aryl methyl sites for hydroxylation is 1. The van der Waals surface area contributed by atoms with Gasteiger partial charge in [0.15, 0.2) is 0 Å². The highest BCUT2D eigenvalue weighted by Gasteiger charge is 2.08. The normalized spacial score (nSPS) is 10.8. The molecule has 0 radical (unpaired) electrons. The minimum Gasteiger partial charge on any atom is -0.326 e. The van der Waals surface area contributed by atoms with Crippen molar-refractivity contribution in [3.05, 3.63) is 46.2 Å². The molecule has 0 atom stereocenters. The van der Waals surface area contributed by atoms with Crippen molar-refractivity contribution >= 4 is 11.6 Å². The molecule has 0 fully saturated rings. The molecular formula is C12H14ClN3. The third kappa shape index (κ3) is 1.84. The van der Waals surface area contributed by atoms with Crippen LogP contribution in [0.15, 0.2) is 24.4 Å². The second kappa shape index (κ2) is 4.28. The molecule has 0 aliphatic rings. The average molecular weight is 236 g/mol. The van der Waals surface area contributed by atoms with Crippen LogP contribution in [-0.2, 0) is 6.54 Å². The van der Waals surface area contributed by atoms with Gasteiger partial charge in [0.1, 0.15) is 0 Å². The molecule has 0 unspecified atom stereocenters. The summed E-state index contributed by atoms with van der Waals surface area (Å²) in [5.41, 5.74) is 9.91. The largest absolute Gasteiger partial charge is 0.326 e. The summed E-state index contributed by atoms with van der Waals surface area (Å²) < 4.78 is 1.90. The van der Waals surface area contributed by atoms with Gasteiger partial charge in [-0.05, 0) is 37.6 Å². The molecule has 16 heavy (non-hydrogen) atoms. The summed E-state index contributed by atoms with van der Waals surface area (Å²) in [6, 6.07) is 5.77. The molecule has 2 aromatic rings. The van der Waals surface area contributed by atoms with Gasteiger partial charge >= 0.3 is 0 Å². The van der Waals surface area contributed by atoms with Gasteiger partial charge in [-0.25, -0.2) is 4.68 Å². The summed E-state index contributed by atoms with van der Waals surface area (Å²) in [4.78, 5) is 0. The van der Waals surface area contributed by atoms with Crippen molar-refractivity contribution in [1.29, 1.82) is 0 Å². The van der Waals surface area contributed by atoms with Crippen LogP contribution in [0.5, 0.6) is 0 Å². The molecule has 84 valence electrons. The van der Waals surface area contributed by atoms with Crippen LogP contribution < -0.4 is 5.73 Å². The van der Waals surface area contributed by atoms with Gasteiger partial charge in [0.2, 0.25) is 0 Å². The zero-order chi connectivity index (χ0) is 11.7. The van der Waals surface area contributed by atoms with Crippen LogP contribution in [0, 0.1) is 13.8 Å². The molecule has 0 saturated heterocycles. The standard InChI is InChI=1S/C12H14ClN3/c1-8-5-11(13)3-4-12(8)16-9(2)10(6-14)7-15-16/h3-5,7H,6,14H2,1-2H3. The second-order valence-corrected chi connectivity index (χ2v) is 4.24. The number of aromatic nitrogens is 2. The number of nitrogens with two attached hydrogens (primary N) is 1. The topological polar surface area (TPSA) is 43.8 Å². The summed E-state index contributed by atoms with van der Waals surface area (Å²) in [7, 11) is 0. The van der Waals surface area contributed by atoms with Crippen molar-refractivity contribution in [3.8, 4) is 5.69 Å². The molecule has 0 aliphatic heterocycles. The van der Waals surface area contributed by atoms with E-state index in [-0.39, 0.29) is 0 Å². The van der Waals surface area contributed by atoms with Crippen molar-refractivity contribution in [2.75, 3.05) is 0 Å². The first kappa shape index (κ1) is 11.2. The Labute approximate surface area is 99.8 Å². The maximum Gasteiger partial charge on any atom is 0.0678 e. The van der Waals surface area contributed by atoms with Gasteiger partial charge in [-0.2, -0.15) is 5.10 Å². The third-order valence-electron chi connectivity index (χ3n) is 2.72. The predicted molar refractivity (Wildman–Crippen MR) is 65.9 cm³/mol. The van der Waals surface area contributed by atoms with Crippen molar-refractivity contribution in [2.45, 2.75) is 20.4 Å². The maximum atomic E-state index is 5.93. The Morgan fingerprint density at radius 1 is 1.38 bits per heavy atom. The van der Waals surface area contributed by atoms with Gasteiger partial charge in [0, 0.05) is 22.8 Å². The van der Waals surface area contributed by atoms with E-state index < -0.39 is 0 Å². The molecule has 0 aliphatic carbocycles. The minimum atomic E-state index is 0.512. The fraction of sp³-hybridized carbons (Fsp3) is 0.250. The van der Waals surface area contributed by atoms with E-state index in [9.17, 15) is 0 Å². The summed E-state index contributed by atoms with van der Waals surface area (Å²) >= 11 is 5.93. The van der Waals surface area contributed by atoms with Gasteiger partial charge < -0.3 is 5.73 Å². The van der Waals surface area contributed by atoms with E-state index in [1.165, 1.54) is 0 Å². The lowest BCUT2D eigenvalue weighted by atomic mass is 10.2. The van der Waals surface area contributed by atoms with Crippen LogP contribution in [-0.4, -0.2) is 9.78 Å². The SMILES string of the molecule is Cc1cc(Cl)ccc1-n1ncc(CN)c1C. The first-order valence-electron chi connectivity index (χ1n) is 5.13. The fourth-order valence-electron chi connectivity index (χ4n) is 1.74. The molecule has 0 amide bonds. The van der Waals surface area contributed by atoms with Crippen LogP contribution in [0.3, 0.4) is 0 Å². The fourth-order valence-corrected chi connectivity index (χ4v) is 1.97. The number of halogens is 1. The first-order valence-corrected chi connectivity index (χ1v) is 5.51. The maximum absolute atomic E-state index is 5.93. The minimum absolute atomic E-state index is 0.512. The monoisotopic (exact) mass is 235 g/mol. The molecular weight excluding hydrogens is 222 g/mol. The molecule has 0 spiro atoms. The number of hydrogen-bond acceptors (Lipinski definition) is 2. The van der Waals surface area contributed by atoms with E-state index in [2.05, 4.69) is 5.10 Å². The Morgan fingerprint density at radius 3 is 2.69 bits per heavy atom. The van der Waals surface area contributed by atoms with Crippen molar-refractivity contribution in [1.82, 2.24) is 9.78 Å². The molecule has 1 heterocycles. The quantitative estimate of drug-likeness (QED) is 0.870. The lowest BCUT2D eigenvalue weighted by molar-refractivity contribution is 0.836. The number of benzene rings is 1. The Balaban J connectivity index is 2.54. The van der Waals surface area contributed by atoms with Crippen LogP contribution in [0.1, 0.15) is 16.8 Å². The highest BCUT2D eigenvalue weighted by atomic mass is 35.5. The number of nitrogens with zero attached hydrogens (tertiary/aromatic N) is 2. The smallest absolute Gasteiger partial charge is 0.0678 e. The van der Waals surface area contributed by atoms with Crippen molar-refractivity contribution in [2.24, 2.45) is 5.73 Å². The Kier molecular flexibility index (Phi) is 2.99. The summed E-state index contributed by atoms with van der Waals surface area (Å²) in [5.74, 6) is 0. The Hall–Kier alpha value is -1.32. The van der Waals surface area contributed by atoms with E-state index in [1.54, 1.807) is 0 Å². The van der Waals surface area contributed by atoms with E-state index in [1.807, 2.05) is 42.9 Å². The van der Waals surface area contributed by atoms with E-state index in [0.29, 0.717) is 6.54 Å². The van der Waals surface area contributed by atoms with Crippen LogP contribution in [0.2, 0.25) is 5.02 Å². The van der Waals surface area contributed by atoms with Gasteiger partial charge in [-0.1, -0.05) is 11.6 Å². The highest BCUT2D eigenvalue weighted by Crippen LogP contribution is 2.20. The first-order chi connectivity index (χ1) is 7.63. The zero-order valence-corrected chi connectivity index (χ0v) is 10.1. The summed E-state index contributed by atoms with van der Waals surface area (Å²) in [6.07, 6.45) is 1.81. The third-order valence-corrected chi connectivity index (χ3v) is 2.95. The number of rotatable bonds is 2. The highest BCUT2D eigenvalue weighted by molar-refractivity contribution is 6.30. The molecule has 0 saturated carbocycles. The lowest BCUT2D eigenvalue weighted by Crippen LogP contribution is -2.03. The molecule has 0 bridgehead atoms. The summed E-state index contributed by atoms with van der Waals surface area (Å²) in [5, 5.41) is 5.08. The van der Waals surface area contributed by atoms with Gasteiger partial charge in [0.05, 0.1) is 11.9 Å². The van der Waals surface area contributed by atoms with Gasteiger partial charge in [-0.3, -0.25) is 0 Å². The zero-order valence-electron chi connectivity index (χ0n) is 9.37. The van der Waals surface area contributed by atoms with E-state index in [0.717, 1.165) is 27.5 Å². The van der Waals surface area contributed by atoms with Crippen molar-refractivity contribution in [3.63, 3.8) is 0 Å². The van der Waals surface area contributed by atoms with Crippen LogP contribution >= 0.6 is 11.6 Å². The van der Waals surface area contributed by atoms with E-state index >= 15 is 0 Å². The van der Waals surface area contributed by atoms with Crippen molar-refractivity contribution < 1.29 is 0 Å². The molecule has 2 rings (SSSR count). The lowest BCUT2D eigenvalue weighted by Gasteiger charge is -2.08. The second-order valence-electron chi connectivity index (χ2n) is 3.80. The predicted octanol–water partition coefficient (Wildman–Crippen LogP) is 2.60. The van der Waals surface area contributed by atoms with E-state index in [4.69, 9.17) is 17.3 Å². The summed E-state index contributed by atoms with van der Waals surface area (Å²) in [6.45, 7) is 4.55. The van der Waals surface area contributed by atoms with Crippen LogP contribution in [0.4, 0.5) is 0 Å². The average Bonchev–Trinajstić information content (AvgIpc) is 2.60. The number of hydrogen-bond donors (Lipinski definition) is 1. The molecule has 4 heteroatoms. The van der Waals surface area contributed by atoms with Gasteiger partial charge in [0.25, 0.3) is 0 Å². The van der Waals surface area contributed by atoms with Gasteiger partial charge in [-0.15, -0.1) is 0 Å². The van der Waals surface area contributed by atoms with Crippen LogP contribution in [0.25, 0.3) is 5.69 Å². The molecule has 3 nitrogen and oxygen atoms in total. The Morgan fingerprint density at radius 2 is 2.12 bits per heavy atom. The molecule has 1 aromatic heterocycles.